The summed E-state index contributed by atoms with van der Waals surface area (Å²) >= 11 is 0. The lowest BCUT2D eigenvalue weighted by Crippen LogP contribution is -2.41. The van der Waals surface area contributed by atoms with Gasteiger partial charge in [-0.1, -0.05) is 12.2 Å². The maximum atomic E-state index is 12.8. The van der Waals surface area contributed by atoms with Crippen molar-refractivity contribution in [2.24, 2.45) is 11.8 Å². The summed E-state index contributed by atoms with van der Waals surface area (Å²) in [4.78, 5) is 29.6. The Labute approximate surface area is 157 Å². The number of carbonyl (C=O) groups is 2. The van der Waals surface area contributed by atoms with Gasteiger partial charge in [-0.3, -0.25) is 9.59 Å². The number of fused-ring (bicyclic) bond motifs is 2. The predicted octanol–water partition coefficient (Wildman–Crippen LogP) is 4.38. The summed E-state index contributed by atoms with van der Waals surface area (Å²) in [5, 5.41) is 0. The Morgan fingerprint density at radius 1 is 0.731 bits per heavy atom. The van der Waals surface area contributed by atoms with E-state index in [1.165, 1.54) is 49.9 Å². The molecule has 4 heteroatoms. The predicted molar refractivity (Wildman–Crippen MR) is 102 cm³/mol. The molecule has 4 rings (SSSR count). The summed E-state index contributed by atoms with van der Waals surface area (Å²) in [7, 11) is 0. The van der Waals surface area contributed by atoms with E-state index < -0.39 is 0 Å². The third kappa shape index (κ3) is 3.60. The van der Waals surface area contributed by atoms with Crippen LogP contribution in [0.25, 0.3) is 0 Å². The van der Waals surface area contributed by atoms with Crippen LogP contribution >= 0.6 is 0 Å². The molecule has 2 unspecified atom stereocenters. The van der Waals surface area contributed by atoms with Gasteiger partial charge in [0.15, 0.2) is 0 Å². The summed E-state index contributed by atoms with van der Waals surface area (Å²) in [6, 6.07) is 0. The molecule has 2 aliphatic carbocycles. The van der Waals surface area contributed by atoms with Crippen LogP contribution < -0.4 is 0 Å². The van der Waals surface area contributed by atoms with Gasteiger partial charge in [-0.25, -0.2) is 0 Å². The Morgan fingerprint density at radius 3 is 1.62 bits per heavy atom. The van der Waals surface area contributed by atoms with Gasteiger partial charge in [0.2, 0.25) is 11.8 Å². The van der Waals surface area contributed by atoms with E-state index in [1.807, 2.05) is 9.80 Å². The van der Waals surface area contributed by atoms with Gasteiger partial charge in [0, 0.05) is 37.3 Å². The smallest absolute Gasteiger partial charge is 0.227 e. The van der Waals surface area contributed by atoms with E-state index in [-0.39, 0.29) is 11.8 Å². The van der Waals surface area contributed by atoms with E-state index in [1.54, 1.807) is 0 Å². The molecular formula is C22H32N2O2. The molecule has 2 amide bonds. The number of hydrogen-bond donors (Lipinski definition) is 0. The van der Waals surface area contributed by atoms with Gasteiger partial charge in [-0.15, -0.1) is 0 Å². The number of piperidine rings is 2. The molecule has 0 aromatic rings. The third-order valence-electron chi connectivity index (χ3n) is 6.70. The lowest BCUT2D eigenvalue weighted by Gasteiger charge is -2.39. The molecule has 2 heterocycles. The highest BCUT2D eigenvalue weighted by atomic mass is 16.2. The Hall–Kier alpha value is -1.58. The fourth-order valence-corrected chi connectivity index (χ4v) is 5.37. The van der Waals surface area contributed by atoms with Crippen molar-refractivity contribution >= 4 is 11.8 Å². The van der Waals surface area contributed by atoms with Gasteiger partial charge >= 0.3 is 0 Å². The maximum Gasteiger partial charge on any atom is 0.227 e. The number of nitrogens with zero attached hydrogens (tertiary/aromatic N) is 2. The zero-order valence-corrected chi connectivity index (χ0v) is 15.9. The van der Waals surface area contributed by atoms with Crippen molar-refractivity contribution in [1.29, 1.82) is 0 Å². The van der Waals surface area contributed by atoms with Gasteiger partial charge < -0.3 is 9.80 Å². The largest absolute Gasteiger partial charge is 0.316 e. The van der Waals surface area contributed by atoms with Crippen molar-refractivity contribution in [2.75, 3.05) is 13.1 Å². The Kier molecular flexibility index (Phi) is 5.46. The highest BCUT2D eigenvalue weighted by Crippen LogP contribution is 2.37. The van der Waals surface area contributed by atoms with Crippen LogP contribution in [0.5, 0.6) is 0 Å². The first kappa shape index (κ1) is 17.8. The van der Waals surface area contributed by atoms with E-state index >= 15 is 0 Å². The molecule has 4 nitrogen and oxygen atoms in total. The van der Waals surface area contributed by atoms with Crippen LogP contribution in [-0.2, 0) is 9.59 Å². The fraction of sp³-hybridized carbons (Fsp3) is 0.727. The Bertz CT molecular complexity index is 568. The zero-order valence-electron chi connectivity index (χ0n) is 15.9. The summed E-state index contributed by atoms with van der Waals surface area (Å²) in [6.07, 6.45) is 17.0. The van der Waals surface area contributed by atoms with Crippen molar-refractivity contribution < 1.29 is 9.59 Å². The number of carbonyl (C=O) groups excluding carboxylic acids is 2. The zero-order chi connectivity index (χ0) is 17.9. The molecule has 4 aliphatic rings. The highest BCUT2D eigenvalue weighted by molar-refractivity contribution is 5.85. The third-order valence-corrected chi connectivity index (χ3v) is 6.70. The van der Waals surface area contributed by atoms with Crippen LogP contribution in [-0.4, -0.2) is 34.7 Å². The number of hydrogen-bond acceptors (Lipinski definition) is 2. The molecule has 2 aliphatic heterocycles. The first-order valence-corrected chi connectivity index (χ1v) is 10.7. The molecule has 26 heavy (non-hydrogen) atoms. The molecule has 142 valence electrons. The van der Waals surface area contributed by atoms with Gasteiger partial charge in [-0.2, -0.15) is 0 Å². The van der Waals surface area contributed by atoms with Crippen LogP contribution in [0.1, 0.15) is 77.0 Å². The summed E-state index contributed by atoms with van der Waals surface area (Å²) in [5.41, 5.74) is 2.51. The van der Waals surface area contributed by atoms with Crippen molar-refractivity contribution in [3.05, 3.63) is 23.5 Å². The Balaban J connectivity index is 1.36. The normalized spacial score (nSPS) is 28.6. The van der Waals surface area contributed by atoms with Gasteiger partial charge in [0.05, 0.1) is 0 Å². The van der Waals surface area contributed by atoms with E-state index in [4.69, 9.17) is 0 Å². The molecule has 0 saturated carbocycles. The molecule has 0 aromatic carbocycles. The lowest BCUT2D eigenvalue weighted by molar-refractivity contribution is -0.136. The van der Waals surface area contributed by atoms with Crippen LogP contribution in [0.3, 0.4) is 0 Å². The molecule has 2 fully saturated rings. The number of rotatable bonds is 3. The summed E-state index contributed by atoms with van der Waals surface area (Å²) in [5.74, 6) is 1.46. The minimum atomic E-state index is 0.155. The second kappa shape index (κ2) is 7.98. The van der Waals surface area contributed by atoms with Crippen LogP contribution in [0.2, 0.25) is 0 Å². The Morgan fingerprint density at radius 2 is 1.15 bits per heavy atom. The van der Waals surface area contributed by atoms with Gasteiger partial charge in [0.25, 0.3) is 0 Å². The van der Waals surface area contributed by atoms with Crippen LogP contribution in [0.15, 0.2) is 23.5 Å². The van der Waals surface area contributed by atoms with Crippen molar-refractivity contribution in [1.82, 2.24) is 9.80 Å². The lowest BCUT2D eigenvalue weighted by atomic mass is 9.84. The highest BCUT2D eigenvalue weighted by Gasteiger charge is 2.32. The molecule has 0 spiro atoms. The summed E-state index contributed by atoms with van der Waals surface area (Å²) < 4.78 is 0. The van der Waals surface area contributed by atoms with E-state index in [9.17, 15) is 9.59 Å². The maximum absolute atomic E-state index is 12.8. The molecule has 0 bridgehead atoms. The van der Waals surface area contributed by atoms with E-state index in [0.29, 0.717) is 24.7 Å². The van der Waals surface area contributed by atoms with Crippen molar-refractivity contribution in [2.45, 2.75) is 77.0 Å². The van der Waals surface area contributed by atoms with E-state index in [0.717, 1.165) is 38.8 Å². The first-order valence-electron chi connectivity index (χ1n) is 10.7. The number of amides is 2. The average molecular weight is 357 g/mol. The van der Waals surface area contributed by atoms with E-state index in [2.05, 4.69) is 12.2 Å². The second-order valence-electron chi connectivity index (χ2n) is 8.39. The van der Waals surface area contributed by atoms with Crippen molar-refractivity contribution in [3.8, 4) is 0 Å². The SMILES string of the molecule is O=C(CCC(=O)N1CCCC2CCCC=C21)N1CCCC2CCCC=C21. The molecule has 2 atom stereocenters. The number of allylic oxidation sites excluding steroid dienone is 4. The summed E-state index contributed by atoms with van der Waals surface area (Å²) in [6.45, 7) is 1.68. The average Bonchev–Trinajstić information content (AvgIpc) is 2.71. The van der Waals surface area contributed by atoms with Gasteiger partial charge in [-0.05, 0) is 76.0 Å². The minimum Gasteiger partial charge on any atom is -0.316 e. The minimum absolute atomic E-state index is 0.155. The van der Waals surface area contributed by atoms with Crippen molar-refractivity contribution in [3.63, 3.8) is 0 Å². The molecule has 0 aromatic heterocycles. The molecule has 2 saturated heterocycles. The van der Waals surface area contributed by atoms with Crippen LogP contribution in [0.4, 0.5) is 0 Å². The topological polar surface area (TPSA) is 40.6 Å². The molecular weight excluding hydrogens is 324 g/mol. The standard InChI is InChI=1S/C22H32N2O2/c25-21(23-15-5-9-17-7-1-3-11-19(17)23)13-14-22(26)24-16-6-10-18-8-2-4-12-20(18)24/h11-12,17-18H,1-10,13-16H2. The quantitative estimate of drug-likeness (QED) is 0.753. The first-order chi connectivity index (χ1) is 12.7. The monoisotopic (exact) mass is 356 g/mol. The molecule has 0 N–H and O–H groups in total. The second-order valence-corrected chi connectivity index (χ2v) is 8.39. The van der Waals surface area contributed by atoms with Gasteiger partial charge in [0.1, 0.15) is 0 Å². The fourth-order valence-electron chi connectivity index (χ4n) is 5.37. The molecule has 0 radical (unpaired) electrons. The number of likely N-dealkylation sites (tertiary alicyclic amines) is 2. The van der Waals surface area contributed by atoms with Crippen LogP contribution in [0, 0.1) is 11.8 Å².